The van der Waals surface area contributed by atoms with Crippen molar-refractivity contribution in [3.05, 3.63) is 23.2 Å². The fourth-order valence-corrected chi connectivity index (χ4v) is 5.68. The molecule has 142 valence electrons. The average Bonchev–Trinajstić information content (AvgIpc) is 3.11. The highest BCUT2D eigenvalue weighted by Crippen LogP contribution is 2.44. The highest BCUT2D eigenvalue weighted by molar-refractivity contribution is 7.92. The summed E-state index contributed by atoms with van der Waals surface area (Å²) in [5.41, 5.74) is 0.384. The number of carbonyl (C=O) groups is 1. The fourth-order valence-electron chi connectivity index (χ4n) is 4.58. The largest absolute Gasteiger partial charge is 0.478 e. The van der Waals surface area contributed by atoms with Crippen LogP contribution in [0.3, 0.4) is 0 Å². The molecule has 1 heterocycles. The molecule has 8 heteroatoms. The Morgan fingerprint density at radius 1 is 1.27 bits per heavy atom. The van der Waals surface area contributed by atoms with Crippen molar-refractivity contribution in [1.82, 2.24) is 5.32 Å². The third-order valence-electron chi connectivity index (χ3n) is 5.81. The molecule has 1 aromatic carbocycles. The van der Waals surface area contributed by atoms with Crippen molar-refractivity contribution in [2.24, 2.45) is 11.8 Å². The second-order valence-corrected chi connectivity index (χ2v) is 9.98. The molecule has 0 unspecified atom stereocenters. The van der Waals surface area contributed by atoms with Crippen LogP contribution >= 0.6 is 11.6 Å². The molecule has 0 saturated heterocycles. The molecule has 2 fully saturated rings. The van der Waals surface area contributed by atoms with Crippen molar-refractivity contribution in [3.63, 3.8) is 0 Å². The summed E-state index contributed by atoms with van der Waals surface area (Å²) in [5.74, 6) is 1.53. The maximum Gasteiger partial charge on any atom is 0.261 e. The minimum Gasteiger partial charge on any atom is -0.478 e. The van der Waals surface area contributed by atoms with Gasteiger partial charge in [0.15, 0.2) is 6.10 Å². The first-order valence-electron chi connectivity index (χ1n) is 9.05. The van der Waals surface area contributed by atoms with Crippen LogP contribution in [-0.4, -0.2) is 39.3 Å². The number of amides is 1. The van der Waals surface area contributed by atoms with E-state index in [0.717, 1.165) is 18.6 Å². The number of rotatable bonds is 3. The molecule has 0 radical (unpaired) electrons. The van der Waals surface area contributed by atoms with Crippen molar-refractivity contribution in [2.75, 3.05) is 17.1 Å². The second-order valence-electron chi connectivity index (χ2n) is 7.63. The summed E-state index contributed by atoms with van der Waals surface area (Å²) in [6, 6.07) is 5.05. The van der Waals surface area contributed by atoms with Gasteiger partial charge in [-0.2, -0.15) is 0 Å². The van der Waals surface area contributed by atoms with E-state index < -0.39 is 16.1 Å². The predicted octanol–water partition coefficient (Wildman–Crippen LogP) is 2.56. The van der Waals surface area contributed by atoms with Gasteiger partial charge in [0, 0.05) is 24.0 Å². The molecule has 1 aromatic rings. The Bertz CT molecular complexity index is 828. The van der Waals surface area contributed by atoms with Crippen LogP contribution in [0.4, 0.5) is 5.69 Å². The molecular weight excluding hydrogens is 376 g/mol. The number of nitrogens with zero attached hydrogens (tertiary/aromatic N) is 1. The zero-order valence-corrected chi connectivity index (χ0v) is 16.2. The number of hydrogen-bond donors (Lipinski definition) is 1. The highest BCUT2D eigenvalue weighted by Gasteiger charge is 2.41. The number of carbonyl (C=O) groups excluding carboxylic acids is 1. The maximum atomic E-state index is 12.8. The summed E-state index contributed by atoms with van der Waals surface area (Å²) < 4.78 is 31.5. The van der Waals surface area contributed by atoms with Crippen LogP contribution in [0.5, 0.6) is 5.75 Å². The Kier molecular flexibility index (Phi) is 4.55. The summed E-state index contributed by atoms with van der Waals surface area (Å²) in [5, 5.41) is 3.57. The van der Waals surface area contributed by atoms with Crippen molar-refractivity contribution < 1.29 is 17.9 Å². The van der Waals surface area contributed by atoms with Crippen LogP contribution in [0, 0.1) is 11.8 Å². The molecule has 1 amide bonds. The summed E-state index contributed by atoms with van der Waals surface area (Å²) in [6.45, 7) is 0.182. The maximum absolute atomic E-state index is 12.8. The number of halogens is 1. The van der Waals surface area contributed by atoms with Gasteiger partial charge in [-0.25, -0.2) is 8.42 Å². The quantitative estimate of drug-likeness (QED) is 0.849. The van der Waals surface area contributed by atoms with E-state index in [1.54, 1.807) is 18.2 Å². The van der Waals surface area contributed by atoms with Gasteiger partial charge in [0.25, 0.3) is 5.91 Å². The van der Waals surface area contributed by atoms with Gasteiger partial charge in [-0.15, -0.1) is 0 Å². The standard InChI is InChI=1S/C18H23ClN2O4S/c1-26(23,24)21-7-6-17(25-16-5-4-13(19)10-15(16)21)18(22)20-14-9-11-2-3-12(14)8-11/h4-5,10-12,14,17H,2-3,6-9H2,1H3,(H,20,22)/t11-,12-,14-,17-/m0/s1. The number of benzene rings is 1. The molecule has 0 spiro atoms. The lowest BCUT2D eigenvalue weighted by molar-refractivity contribution is -0.129. The van der Waals surface area contributed by atoms with Gasteiger partial charge in [0.05, 0.1) is 11.9 Å². The number of ether oxygens (including phenoxy) is 1. The molecule has 6 nitrogen and oxygen atoms in total. The van der Waals surface area contributed by atoms with Crippen LogP contribution in [-0.2, 0) is 14.8 Å². The van der Waals surface area contributed by atoms with E-state index in [1.807, 2.05) is 0 Å². The summed E-state index contributed by atoms with van der Waals surface area (Å²) in [6.07, 6.45) is 5.45. The third kappa shape index (κ3) is 3.39. The molecule has 0 aromatic heterocycles. The molecule has 2 aliphatic carbocycles. The third-order valence-corrected chi connectivity index (χ3v) is 7.23. The van der Waals surface area contributed by atoms with E-state index in [9.17, 15) is 13.2 Å². The van der Waals surface area contributed by atoms with Crippen LogP contribution in [0.2, 0.25) is 5.02 Å². The minimum atomic E-state index is -3.49. The van der Waals surface area contributed by atoms with Gasteiger partial charge in [0.1, 0.15) is 5.75 Å². The predicted molar refractivity (Wildman–Crippen MR) is 100 cm³/mol. The van der Waals surface area contributed by atoms with Crippen LogP contribution in [0.1, 0.15) is 32.1 Å². The van der Waals surface area contributed by atoms with Gasteiger partial charge in [0.2, 0.25) is 10.0 Å². The topological polar surface area (TPSA) is 75.7 Å². The Morgan fingerprint density at radius 3 is 2.73 bits per heavy atom. The molecule has 1 aliphatic heterocycles. The van der Waals surface area contributed by atoms with Gasteiger partial charge in [-0.05, 0) is 49.3 Å². The first-order chi connectivity index (χ1) is 12.3. The number of fused-ring (bicyclic) bond motifs is 3. The molecule has 4 atom stereocenters. The van der Waals surface area contributed by atoms with Gasteiger partial charge >= 0.3 is 0 Å². The molecule has 2 saturated carbocycles. The Morgan fingerprint density at radius 2 is 2.08 bits per heavy atom. The lowest BCUT2D eigenvalue weighted by atomic mass is 9.95. The van der Waals surface area contributed by atoms with Crippen molar-refractivity contribution in [3.8, 4) is 5.75 Å². The van der Waals surface area contributed by atoms with Crippen LogP contribution in [0.15, 0.2) is 18.2 Å². The van der Waals surface area contributed by atoms with Crippen molar-refractivity contribution in [2.45, 2.75) is 44.2 Å². The lowest BCUT2D eigenvalue weighted by Gasteiger charge is -2.25. The number of nitrogens with one attached hydrogen (secondary N) is 1. The Labute approximate surface area is 158 Å². The van der Waals surface area contributed by atoms with Gasteiger partial charge < -0.3 is 10.1 Å². The Hall–Kier alpha value is -1.47. The normalized spacial score (nSPS) is 30.5. The molecular formula is C18H23ClN2O4S. The minimum absolute atomic E-state index is 0.154. The zero-order chi connectivity index (χ0) is 18.5. The number of anilines is 1. The van der Waals surface area contributed by atoms with Crippen LogP contribution in [0.25, 0.3) is 0 Å². The molecule has 26 heavy (non-hydrogen) atoms. The van der Waals surface area contributed by atoms with Crippen molar-refractivity contribution >= 4 is 33.2 Å². The summed E-state index contributed by atoms with van der Waals surface area (Å²) in [7, 11) is -3.49. The van der Waals surface area contributed by atoms with Crippen molar-refractivity contribution in [1.29, 1.82) is 0 Å². The van der Waals surface area contributed by atoms with Gasteiger partial charge in [-0.1, -0.05) is 18.0 Å². The van der Waals surface area contributed by atoms with E-state index in [2.05, 4.69) is 5.32 Å². The highest BCUT2D eigenvalue weighted by atomic mass is 35.5. The Balaban J connectivity index is 1.54. The first-order valence-corrected chi connectivity index (χ1v) is 11.3. The van der Waals surface area contributed by atoms with E-state index in [1.165, 1.54) is 23.6 Å². The lowest BCUT2D eigenvalue weighted by Crippen LogP contribution is -2.46. The second kappa shape index (κ2) is 6.60. The molecule has 2 bridgehead atoms. The van der Waals surface area contributed by atoms with Crippen LogP contribution < -0.4 is 14.4 Å². The van der Waals surface area contributed by atoms with E-state index in [4.69, 9.17) is 16.3 Å². The molecule has 1 N–H and O–H groups in total. The summed E-state index contributed by atoms with van der Waals surface area (Å²) in [4.78, 5) is 12.8. The number of sulfonamides is 1. The van der Waals surface area contributed by atoms with E-state index in [-0.39, 0.29) is 18.5 Å². The van der Waals surface area contributed by atoms with Gasteiger partial charge in [-0.3, -0.25) is 9.10 Å². The molecule has 4 rings (SSSR count). The van der Waals surface area contributed by atoms with E-state index >= 15 is 0 Å². The SMILES string of the molecule is CS(=O)(=O)N1CC[C@@H](C(=O)N[C@H]2C[C@H]3CC[C@H]2C3)Oc2ccc(Cl)cc21. The smallest absolute Gasteiger partial charge is 0.261 e. The molecule has 3 aliphatic rings. The number of hydrogen-bond acceptors (Lipinski definition) is 4. The average molecular weight is 399 g/mol. The monoisotopic (exact) mass is 398 g/mol. The zero-order valence-electron chi connectivity index (χ0n) is 14.7. The first kappa shape index (κ1) is 17.9. The summed E-state index contributed by atoms with van der Waals surface area (Å²) >= 11 is 6.04. The fraction of sp³-hybridized carbons (Fsp3) is 0.611. The van der Waals surface area contributed by atoms with E-state index in [0.29, 0.717) is 28.8 Å².